The zero-order valence-electron chi connectivity index (χ0n) is 21.7. The number of sulfonamides is 1. The molecule has 0 spiro atoms. The van der Waals surface area contributed by atoms with Gasteiger partial charge in [-0.3, -0.25) is 9.29 Å². The van der Waals surface area contributed by atoms with E-state index in [4.69, 9.17) is 4.52 Å². The van der Waals surface area contributed by atoms with Crippen LogP contribution in [0.1, 0.15) is 58.7 Å². The Morgan fingerprint density at radius 2 is 1.83 bits per heavy atom. The fourth-order valence-corrected chi connectivity index (χ4v) is 6.40. The number of fused-ring (bicyclic) bond motifs is 1. The van der Waals surface area contributed by atoms with Gasteiger partial charge in [-0.2, -0.15) is 4.76 Å². The minimum Gasteiger partial charge on any atom is -0.505 e. The number of anilines is 2. The molecule has 10 nitrogen and oxygen atoms in total. The monoisotopic (exact) mass is 540 g/mol. The molecule has 3 rings (SSSR count). The quantitative estimate of drug-likeness (QED) is 0.304. The highest BCUT2D eigenvalue weighted by atomic mass is 32.2. The lowest BCUT2D eigenvalue weighted by Gasteiger charge is -2.25. The first-order valence-corrected chi connectivity index (χ1v) is 15.6. The van der Waals surface area contributed by atoms with Gasteiger partial charge in [0.25, 0.3) is 0 Å². The molecule has 1 aliphatic rings. The summed E-state index contributed by atoms with van der Waals surface area (Å²) in [5, 5.41) is 25.7. The van der Waals surface area contributed by atoms with Gasteiger partial charge in [0.2, 0.25) is 15.9 Å². The molecule has 2 heterocycles. The number of nitrogens with zero attached hydrogens (tertiary/aromatic N) is 2. The van der Waals surface area contributed by atoms with Crippen molar-refractivity contribution in [2.24, 2.45) is 16.6 Å². The van der Waals surface area contributed by atoms with Gasteiger partial charge in [0.05, 0.1) is 29.5 Å². The van der Waals surface area contributed by atoms with Gasteiger partial charge in [0, 0.05) is 12.2 Å². The van der Waals surface area contributed by atoms with Gasteiger partial charge in [-0.15, -0.1) is 0 Å². The average molecular weight is 541 g/mol. The second-order valence-corrected chi connectivity index (χ2v) is 13.6. The summed E-state index contributed by atoms with van der Waals surface area (Å²) in [6, 6.07) is 4.50. The number of amidine groups is 1. The number of aromatic nitrogens is 1. The van der Waals surface area contributed by atoms with Crippen LogP contribution in [-0.4, -0.2) is 41.9 Å². The molecule has 1 aliphatic heterocycles. The Labute approximate surface area is 213 Å². The minimum atomic E-state index is -3.87. The molecule has 1 aromatic carbocycles. The van der Waals surface area contributed by atoms with Crippen molar-refractivity contribution in [2.75, 3.05) is 22.9 Å². The van der Waals surface area contributed by atoms with E-state index in [1.54, 1.807) is 17.6 Å². The molecular weight excluding hydrogens is 503 g/mol. The molecule has 2 aromatic rings. The van der Waals surface area contributed by atoms with Crippen molar-refractivity contribution >= 4 is 40.1 Å². The predicted octanol–water partition coefficient (Wildman–Crippen LogP) is 4.63. The maximum absolute atomic E-state index is 13.9. The fraction of sp³-hybridized carbons (Fsp3) is 0.542. The second kappa shape index (κ2) is 10.9. The van der Waals surface area contributed by atoms with Gasteiger partial charge in [0.15, 0.2) is 11.6 Å². The van der Waals surface area contributed by atoms with E-state index in [9.17, 15) is 23.2 Å². The number of hydrogen-bond donors (Lipinski definition) is 4. The SMILES string of the molecule is CCOP1(=O)N=C(c2c(O)c(CCC(C)C)n(CCC(C)C)c2O)Nc2ccc(NS(C)(=O)=O)cc21. The third-order valence-corrected chi connectivity index (χ3v) is 8.49. The highest BCUT2D eigenvalue weighted by Crippen LogP contribution is 2.53. The van der Waals surface area contributed by atoms with E-state index in [2.05, 4.69) is 42.5 Å². The number of benzene rings is 1. The number of rotatable bonds is 11. The van der Waals surface area contributed by atoms with Gasteiger partial charge in [-0.05, 0) is 56.2 Å². The van der Waals surface area contributed by atoms with Crippen molar-refractivity contribution in [2.45, 2.75) is 60.4 Å². The van der Waals surface area contributed by atoms with Crippen LogP contribution in [0.5, 0.6) is 11.6 Å². The largest absolute Gasteiger partial charge is 0.505 e. The summed E-state index contributed by atoms with van der Waals surface area (Å²) in [6.45, 7) is 10.6. The van der Waals surface area contributed by atoms with Crippen LogP contribution in [0.2, 0.25) is 0 Å². The van der Waals surface area contributed by atoms with Crippen LogP contribution in [0.3, 0.4) is 0 Å². The molecule has 1 aromatic heterocycles. The van der Waals surface area contributed by atoms with E-state index in [-0.39, 0.29) is 40.6 Å². The molecule has 0 fully saturated rings. The maximum Gasteiger partial charge on any atom is 0.348 e. The predicted molar refractivity (Wildman–Crippen MR) is 144 cm³/mol. The van der Waals surface area contributed by atoms with E-state index in [0.717, 1.165) is 19.1 Å². The van der Waals surface area contributed by atoms with Gasteiger partial charge in [0.1, 0.15) is 5.56 Å². The first kappa shape index (κ1) is 28.1. The normalized spacial score (nSPS) is 17.7. The molecule has 0 aliphatic carbocycles. The van der Waals surface area contributed by atoms with Crippen molar-refractivity contribution in [1.82, 2.24) is 4.57 Å². The Morgan fingerprint density at radius 1 is 1.17 bits per heavy atom. The molecule has 4 N–H and O–H groups in total. The Bertz CT molecular complexity index is 1260. The molecular formula is C24H37N4O6PS. The van der Waals surface area contributed by atoms with Gasteiger partial charge in [-0.1, -0.05) is 27.7 Å². The smallest absolute Gasteiger partial charge is 0.348 e. The highest BCUT2D eigenvalue weighted by Gasteiger charge is 2.37. The van der Waals surface area contributed by atoms with E-state index in [1.807, 2.05) is 0 Å². The van der Waals surface area contributed by atoms with Gasteiger partial charge in [-0.25, -0.2) is 8.42 Å². The lowest BCUT2D eigenvalue weighted by molar-refractivity contribution is 0.341. The Kier molecular flexibility index (Phi) is 8.48. The molecule has 1 atom stereocenters. The van der Waals surface area contributed by atoms with E-state index < -0.39 is 17.5 Å². The Balaban J connectivity index is 2.13. The maximum atomic E-state index is 13.9. The molecule has 0 saturated carbocycles. The first-order chi connectivity index (χ1) is 16.8. The molecule has 12 heteroatoms. The molecule has 0 bridgehead atoms. The number of aromatic hydroxyl groups is 2. The van der Waals surface area contributed by atoms with Crippen LogP contribution in [0.15, 0.2) is 23.0 Å². The number of nitrogens with one attached hydrogen (secondary N) is 2. The third kappa shape index (κ3) is 6.25. The summed E-state index contributed by atoms with van der Waals surface area (Å²) in [6.07, 6.45) is 3.19. The van der Waals surface area contributed by atoms with Crippen molar-refractivity contribution in [1.29, 1.82) is 0 Å². The molecule has 200 valence electrons. The fourth-order valence-electron chi connectivity index (χ4n) is 4.04. The van der Waals surface area contributed by atoms with Crippen molar-refractivity contribution < 1.29 is 27.7 Å². The van der Waals surface area contributed by atoms with Gasteiger partial charge >= 0.3 is 7.52 Å². The summed E-state index contributed by atoms with van der Waals surface area (Å²) < 4.78 is 51.3. The second-order valence-electron chi connectivity index (χ2n) is 9.88. The van der Waals surface area contributed by atoms with Crippen LogP contribution >= 0.6 is 7.52 Å². The lowest BCUT2D eigenvalue weighted by atomic mass is 10.1. The molecule has 0 saturated heterocycles. The van der Waals surface area contributed by atoms with Crippen LogP contribution in [0.25, 0.3) is 0 Å². The third-order valence-electron chi connectivity index (χ3n) is 5.83. The van der Waals surface area contributed by atoms with Crippen molar-refractivity contribution in [3.8, 4) is 11.6 Å². The summed E-state index contributed by atoms with van der Waals surface area (Å²) in [5.41, 5.74) is 1.28. The van der Waals surface area contributed by atoms with Crippen LogP contribution in [0.4, 0.5) is 11.4 Å². The molecule has 0 amide bonds. The van der Waals surface area contributed by atoms with Crippen molar-refractivity contribution in [3.63, 3.8) is 0 Å². The topological polar surface area (TPSA) is 142 Å². The molecule has 0 radical (unpaired) electrons. The van der Waals surface area contributed by atoms with Gasteiger partial charge < -0.3 is 24.6 Å². The first-order valence-electron chi connectivity index (χ1n) is 12.1. The van der Waals surface area contributed by atoms with E-state index in [0.29, 0.717) is 36.2 Å². The summed E-state index contributed by atoms with van der Waals surface area (Å²) in [5.74, 6) is 0.561. The molecule has 1 unspecified atom stereocenters. The van der Waals surface area contributed by atoms with Crippen molar-refractivity contribution in [3.05, 3.63) is 29.5 Å². The minimum absolute atomic E-state index is 0.0344. The zero-order chi connectivity index (χ0) is 26.8. The van der Waals surface area contributed by atoms with E-state index in [1.165, 1.54) is 12.1 Å². The zero-order valence-corrected chi connectivity index (χ0v) is 23.4. The number of hydrogen-bond acceptors (Lipinski definition) is 7. The standard InChI is InChI=1S/C24H37N4O6PS/c1-7-34-35(31)20-14-17(27-36(6,32)33)9-10-18(20)25-23(26-35)21-22(29)19(11-8-15(2)3)28(24(21)30)13-12-16(4)5/h9-10,14-16,27,29-30H,7-8,11-13H2,1-6H3,(H,25,26,31). The summed E-state index contributed by atoms with van der Waals surface area (Å²) in [4.78, 5) is 0. The summed E-state index contributed by atoms with van der Waals surface area (Å²) in [7, 11) is -7.42. The van der Waals surface area contributed by atoms with Crippen LogP contribution < -0.4 is 15.3 Å². The Hall–Kier alpha value is -2.49. The van der Waals surface area contributed by atoms with E-state index >= 15 is 0 Å². The average Bonchev–Trinajstić information content (AvgIpc) is 2.98. The Morgan fingerprint density at radius 3 is 2.42 bits per heavy atom. The van der Waals surface area contributed by atoms with Crippen LogP contribution in [0, 0.1) is 11.8 Å². The summed E-state index contributed by atoms with van der Waals surface area (Å²) >= 11 is 0. The lowest BCUT2D eigenvalue weighted by Crippen LogP contribution is -2.26. The highest BCUT2D eigenvalue weighted by molar-refractivity contribution is 7.92. The molecule has 36 heavy (non-hydrogen) atoms. The van der Waals surface area contributed by atoms with Crippen LogP contribution in [-0.2, 0) is 32.1 Å².